The zero-order chi connectivity index (χ0) is 14.1. The summed E-state index contributed by atoms with van der Waals surface area (Å²) >= 11 is 0. The summed E-state index contributed by atoms with van der Waals surface area (Å²) in [6, 6.07) is 22.7. The van der Waals surface area contributed by atoms with Crippen LogP contribution in [0.3, 0.4) is 0 Å². The van der Waals surface area contributed by atoms with Crippen molar-refractivity contribution in [1.29, 1.82) is 0 Å². The fourth-order valence-corrected chi connectivity index (χ4v) is 2.76. The second-order valence-corrected chi connectivity index (χ2v) is 5.15. The third kappa shape index (κ3) is 2.15. The highest BCUT2D eigenvalue weighted by Crippen LogP contribution is 2.31. The summed E-state index contributed by atoms with van der Waals surface area (Å²) in [5.41, 5.74) is 4.41. The molecule has 3 aromatic carbocycles. The third-order valence-corrected chi connectivity index (χ3v) is 3.84. The second kappa shape index (κ2) is 4.98. The molecule has 100 valence electrons. The molecule has 2 heteroatoms. The Hall–Kier alpha value is -2.74. The van der Waals surface area contributed by atoms with Crippen molar-refractivity contribution in [1.82, 2.24) is 0 Å². The highest BCUT2D eigenvalue weighted by Gasteiger charge is 2.12. The largest absolute Gasteiger partial charge is 0.150 e. The summed E-state index contributed by atoms with van der Waals surface area (Å²) in [6.07, 6.45) is 3.08. The molecule has 1 aliphatic carbocycles. The molecule has 0 atom stereocenters. The van der Waals surface area contributed by atoms with E-state index in [0.29, 0.717) is 0 Å². The summed E-state index contributed by atoms with van der Waals surface area (Å²) in [4.78, 5) is 0. The van der Waals surface area contributed by atoms with Crippen LogP contribution in [-0.4, -0.2) is 0 Å². The molecule has 0 bridgehead atoms. The molecule has 4 rings (SSSR count). The molecule has 3 aromatic rings. The molecule has 0 aliphatic heterocycles. The van der Waals surface area contributed by atoms with Gasteiger partial charge >= 0.3 is 0 Å². The van der Waals surface area contributed by atoms with Gasteiger partial charge < -0.3 is 0 Å². The van der Waals surface area contributed by atoms with Gasteiger partial charge in [-0.05, 0) is 23.4 Å². The zero-order valence-electron chi connectivity index (χ0n) is 11.5. The first kappa shape index (κ1) is 12.0. The Morgan fingerprint density at radius 1 is 0.714 bits per heavy atom. The van der Waals surface area contributed by atoms with Crippen LogP contribution in [-0.2, 0) is 6.42 Å². The summed E-state index contributed by atoms with van der Waals surface area (Å²) < 4.78 is 0. The SMILES string of the molecule is C1=C(N=Nc2cccc3ccccc23)c2ccccc2C1. The molecule has 0 unspecified atom stereocenters. The Morgan fingerprint density at radius 3 is 2.52 bits per heavy atom. The van der Waals surface area contributed by atoms with E-state index in [1.165, 1.54) is 16.5 Å². The average Bonchev–Trinajstić information content (AvgIpc) is 2.96. The maximum absolute atomic E-state index is 4.47. The minimum Gasteiger partial charge on any atom is -0.150 e. The van der Waals surface area contributed by atoms with Crippen molar-refractivity contribution in [3.63, 3.8) is 0 Å². The van der Waals surface area contributed by atoms with E-state index >= 15 is 0 Å². The van der Waals surface area contributed by atoms with Crippen molar-refractivity contribution in [3.8, 4) is 0 Å². The summed E-state index contributed by atoms with van der Waals surface area (Å²) in [6.45, 7) is 0. The standard InChI is InChI=1S/C19H14N2/c1-3-9-16-14(6-1)8-5-11-18(16)20-21-19-13-12-15-7-2-4-10-17(15)19/h1-11,13H,12H2. The van der Waals surface area contributed by atoms with Crippen LogP contribution in [0.25, 0.3) is 16.5 Å². The van der Waals surface area contributed by atoms with E-state index in [1.807, 2.05) is 30.3 Å². The number of hydrogen-bond donors (Lipinski definition) is 0. The Labute approximate surface area is 123 Å². The second-order valence-electron chi connectivity index (χ2n) is 5.15. The molecule has 0 saturated carbocycles. The van der Waals surface area contributed by atoms with Crippen LogP contribution in [0.15, 0.2) is 83.0 Å². The van der Waals surface area contributed by atoms with Gasteiger partial charge in [0.15, 0.2) is 0 Å². The van der Waals surface area contributed by atoms with Gasteiger partial charge in [0.05, 0.1) is 11.4 Å². The van der Waals surface area contributed by atoms with E-state index in [-0.39, 0.29) is 0 Å². The number of allylic oxidation sites excluding steroid dienone is 1. The van der Waals surface area contributed by atoms with E-state index in [0.717, 1.165) is 23.2 Å². The first-order valence-electron chi connectivity index (χ1n) is 7.10. The lowest BCUT2D eigenvalue weighted by atomic mass is 10.1. The molecule has 0 fully saturated rings. The Bertz CT molecular complexity index is 870. The van der Waals surface area contributed by atoms with Crippen molar-refractivity contribution in [3.05, 3.63) is 83.9 Å². The lowest BCUT2D eigenvalue weighted by molar-refractivity contribution is 1.25. The molecule has 0 amide bonds. The highest BCUT2D eigenvalue weighted by atomic mass is 15.1. The van der Waals surface area contributed by atoms with Gasteiger partial charge in [-0.3, -0.25) is 0 Å². The van der Waals surface area contributed by atoms with Gasteiger partial charge in [0, 0.05) is 10.9 Å². The number of rotatable bonds is 2. The van der Waals surface area contributed by atoms with Gasteiger partial charge in [0.2, 0.25) is 0 Å². The van der Waals surface area contributed by atoms with Gasteiger partial charge in [-0.2, -0.15) is 5.11 Å². The number of nitrogens with zero attached hydrogens (tertiary/aromatic N) is 2. The Morgan fingerprint density at radius 2 is 1.52 bits per heavy atom. The molecule has 2 nitrogen and oxygen atoms in total. The van der Waals surface area contributed by atoms with Crippen molar-refractivity contribution in [2.45, 2.75) is 6.42 Å². The molecule has 0 heterocycles. The average molecular weight is 270 g/mol. The quantitative estimate of drug-likeness (QED) is 0.548. The third-order valence-electron chi connectivity index (χ3n) is 3.84. The van der Waals surface area contributed by atoms with Gasteiger partial charge in [-0.15, -0.1) is 5.11 Å². The highest BCUT2D eigenvalue weighted by molar-refractivity contribution is 5.92. The topological polar surface area (TPSA) is 24.7 Å². The molecular formula is C19H14N2. The van der Waals surface area contributed by atoms with Crippen LogP contribution in [0.1, 0.15) is 11.1 Å². The summed E-state index contributed by atoms with van der Waals surface area (Å²) in [7, 11) is 0. The molecule has 0 aromatic heterocycles. The van der Waals surface area contributed by atoms with E-state index in [9.17, 15) is 0 Å². The van der Waals surface area contributed by atoms with Crippen LogP contribution in [0.5, 0.6) is 0 Å². The summed E-state index contributed by atoms with van der Waals surface area (Å²) in [5.74, 6) is 0. The van der Waals surface area contributed by atoms with Crippen LogP contribution >= 0.6 is 0 Å². The van der Waals surface area contributed by atoms with E-state index in [2.05, 4.69) is 52.7 Å². The fraction of sp³-hybridized carbons (Fsp3) is 0.0526. The van der Waals surface area contributed by atoms with E-state index in [1.54, 1.807) is 0 Å². The fourth-order valence-electron chi connectivity index (χ4n) is 2.76. The normalized spacial score (nSPS) is 13.6. The number of fused-ring (bicyclic) bond motifs is 2. The van der Waals surface area contributed by atoms with Crippen LogP contribution in [0.2, 0.25) is 0 Å². The number of azo groups is 1. The van der Waals surface area contributed by atoms with Crippen LogP contribution in [0.4, 0.5) is 5.69 Å². The maximum atomic E-state index is 4.47. The molecular weight excluding hydrogens is 256 g/mol. The predicted octanol–water partition coefficient (Wildman–Crippen LogP) is 5.52. The minimum absolute atomic E-state index is 0.915. The smallest absolute Gasteiger partial charge is 0.0935 e. The summed E-state index contributed by atoms with van der Waals surface area (Å²) in [5, 5.41) is 11.3. The first-order valence-corrected chi connectivity index (χ1v) is 7.10. The molecule has 1 aliphatic rings. The van der Waals surface area contributed by atoms with Gasteiger partial charge in [-0.25, -0.2) is 0 Å². The number of benzene rings is 3. The first-order chi connectivity index (χ1) is 10.4. The molecule has 0 radical (unpaired) electrons. The van der Waals surface area contributed by atoms with Crippen molar-refractivity contribution in [2.75, 3.05) is 0 Å². The molecule has 0 N–H and O–H groups in total. The lowest BCUT2D eigenvalue weighted by Crippen LogP contribution is -1.80. The van der Waals surface area contributed by atoms with Crippen LogP contribution < -0.4 is 0 Å². The molecule has 21 heavy (non-hydrogen) atoms. The van der Waals surface area contributed by atoms with E-state index < -0.39 is 0 Å². The van der Waals surface area contributed by atoms with Gasteiger partial charge in [-0.1, -0.05) is 66.7 Å². The van der Waals surface area contributed by atoms with Gasteiger partial charge in [0.1, 0.15) is 0 Å². The monoisotopic (exact) mass is 270 g/mol. The molecule has 0 saturated heterocycles. The number of hydrogen-bond acceptors (Lipinski definition) is 2. The van der Waals surface area contributed by atoms with Gasteiger partial charge in [0.25, 0.3) is 0 Å². The van der Waals surface area contributed by atoms with Crippen molar-refractivity contribution in [2.24, 2.45) is 10.2 Å². The Balaban J connectivity index is 1.73. The van der Waals surface area contributed by atoms with Crippen LogP contribution in [0, 0.1) is 0 Å². The van der Waals surface area contributed by atoms with E-state index in [4.69, 9.17) is 0 Å². The molecule has 0 spiro atoms. The minimum atomic E-state index is 0.915. The lowest BCUT2D eigenvalue weighted by Gasteiger charge is -2.01. The predicted molar refractivity (Wildman–Crippen MR) is 86.6 cm³/mol. The Kier molecular flexibility index (Phi) is 2.86. The zero-order valence-corrected chi connectivity index (χ0v) is 11.5. The van der Waals surface area contributed by atoms with Crippen molar-refractivity contribution >= 4 is 22.2 Å². The van der Waals surface area contributed by atoms with Crippen molar-refractivity contribution < 1.29 is 0 Å². The maximum Gasteiger partial charge on any atom is 0.0935 e.